The van der Waals surface area contributed by atoms with Gasteiger partial charge in [0, 0.05) is 18.5 Å². The molecule has 20 heavy (non-hydrogen) atoms. The van der Waals surface area contributed by atoms with Gasteiger partial charge in [-0.25, -0.2) is 9.07 Å². The lowest BCUT2D eigenvalue weighted by Crippen LogP contribution is -2.06. The van der Waals surface area contributed by atoms with Gasteiger partial charge < -0.3 is 9.84 Å². The van der Waals surface area contributed by atoms with Crippen LogP contribution >= 0.6 is 11.6 Å². The van der Waals surface area contributed by atoms with Gasteiger partial charge in [0.2, 0.25) is 5.88 Å². The average Bonchev–Trinajstić information content (AvgIpc) is 2.66. The van der Waals surface area contributed by atoms with Gasteiger partial charge in [0.25, 0.3) is 0 Å². The summed E-state index contributed by atoms with van der Waals surface area (Å²) in [5.41, 5.74) is 1.63. The van der Waals surface area contributed by atoms with E-state index in [1.54, 1.807) is 30.8 Å². The maximum absolute atomic E-state index is 13.8. The van der Waals surface area contributed by atoms with E-state index in [0.29, 0.717) is 27.7 Å². The predicted octanol–water partition coefficient (Wildman–Crippen LogP) is 2.81. The Bertz CT molecular complexity index is 628. The molecule has 0 saturated heterocycles. The highest BCUT2D eigenvalue weighted by atomic mass is 35.5. The monoisotopic (exact) mass is 298 g/mol. The van der Waals surface area contributed by atoms with Crippen LogP contribution in [0.1, 0.15) is 22.9 Å². The maximum Gasteiger partial charge on any atom is 0.217 e. The number of aryl methyl sites for hydroxylation is 2. The van der Waals surface area contributed by atoms with Crippen LogP contribution in [0.3, 0.4) is 0 Å². The van der Waals surface area contributed by atoms with E-state index in [1.165, 1.54) is 13.2 Å². The zero-order valence-corrected chi connectivity index (χ0v) is 12.3. The second kappa shape index (κ2) is 5.81. The highest BCUT2D eigenvalue weighted by Crippen LogP contribution is 2.31. The minimum atomic E-state index is -0.894. The van der Waals surface area contributed by atoms with Gasteiger partial charge in [-0.1, -0.05) is 17.7 Å². The minimum Gasteiger partial charge on any atom is -0.481 e. The molecule has 108 valence electrons. The van der Waals surface area contributed by atoms with Gasteiger partial charge in [-0.15, -0.1) is 0 Å². The number of aromatic nitrogens is 2. The lowest BCUT2D eigenvalue weighted by molar-refractivity contribution is 0.171. The van der Waals surface area contributed by atoms with Crippen LogP contribution in [0.15, 0.2) is 18.2 Å². The van der Waals surface area contributed by atoms with Crippen molar-refractivity contribution in [1.29, 1.82) is 0 Å². The largest absolute Gasteiger partial charge is 0.481 e. The third kappa shape index (κ3) is 2.78. The van der Waals surface area contributed by atoms with E-state index in [2.05, 4.69) is 5.10 Å². The summed E-state index contributed by atoms with van der Waals surface area (Å²) in [7, 11) is 3.24. The maximum atomic E-state index is 13.8. The van der Waals surface area contributed by atoms with Gasteiger partial charge in [0.15, 0.2) is 0 Å². The summed E-state index contributed by atoms with van der Waals surface area (Å²) in [6.45, 7) is 1.78. The fourth-order valence-electron chi connectivity index (χ4n) is 2.28. The average molecular weight is 299 g/mol. The molecule has 1 aromatic carbocycles. The first-order valence-electron chi connectivity index (χ1n) is 6.13. The van der Waals surface area contributed by atoms with Crippen molar-refractivity contribution in [2.75, 3.05) is 7.11 Å². The van der Waals surface area contributed by atoms with Crippen molar-refractivity contribution in [2.24, 2.45) is 7.05 Å². The number of nitrogens with zero attached hydrogens (tertiary/aromatic N) is 2. The number of aliphatic hydroxyl groups excluding tert-OH is 1. The number of ether oxygens (including phenoxy) is 1. The lowest BCUT2D eigenvalue weighted by Gasteiger charge is -2.13. The van der Waals surface area contributed by atoms with E-state index < -0.39 is 11.9 Å². The Balaban J connectivity index is 2.30. The molecule has 1 atom stereocenters. The van der Waals surface area contributed by atoms with E-state index in [4.69, 9.17) is 16.3 Å². The van der Waals surface area contributed by atoms with E-state index in [0.717, 1.165) is 0 Å². The molecule has 2 rings (SSSR count). The number of aliphatic hydroxyl groups is 1. The minimum absolute atomic E-state index is 0.131. The van der Waals surface area contributed by atoms with Crippen LogP contribution in [-0.2, 0) is 13.5 Å². The summed E-state index contributed by atoms with van der Waals surface area (Å²) >= 11 is 5.71. The van der Waals surface area contributed by atoms with E-state index in [9.17, 15) is 9.50 Å². The zero-order valence-electron chi connectivity index (χ0n) is 11.5. The molecule has 0 saturated carbocycles. The smallest absolute Gasteiger partial charge is 0.217 e. The normalized spacial score (nSPS) is 12.5. The van der Waals surface area contributed by atoms with Crippen molar-refractivity contribution in [3.63, 3.8) is 0 Å². The SMILES string of the molecule is COc1c(C(O)Cc2ccc(Cl)cc2F)c(C)nn1C. The molecular formula is C14H16ClFN2O2. The number of halogens is 2. The van der Waals surface area contributed by atoms with Gasteiger partial charge >= 0.3 is 0 Å². The van der Waals surface area contributed by atoms with Gasteiger partial charge in [-0.2, -0.15) is 5.10 Å². The van der Waals surface area contributed by atoms with Gasteiger partial charge in [-0.05, 0) is 24.6 Å². The lowest BCUT2D eigenvalue weighted by atomic mass is 10.0. The Kier molecular flexibility index (Phi) is 4.30. The van der Waals surface area contributed by atoms with Gasteiger partial charge in [0.05, 0.1) is 24.5 Å². The van der Waals surface area contributed by atoms with Crippen molar-refractivity contribution in [2.45, 2.75) is 19.4 Å². The Morgan fingerprint density at radius 2 is 2.20 bits per heavy atom. The molecule has 2 aromatic rings. The third-order valence-corrected chi connectivity index (χ3v) is 3.40. The fourth-order valence-corrected chi connectivity index (χ4v) is 2.44. The van der Waals surface area contributed by atoms with Crippen LogP contribution in [0.4, 0.5) is 4.39 Å². The summed E-state index contributed by atoms with van der Waals surface area (Å²) < 4.78 is 20.5. The van der Waals surface area contributed by atoms with Crippen LogP contribution in [0.2, 0.25) is 5.02 Å². The molecule has 0 radical (unpaired) electrons. The standard InChI is InChI=1S/C14H16ClFN2O2/c1-8-13(14(20-3)18(2)17-8)12(19)6-9-4-5-10(15)7-11(9)16/h4-5,7,12,19H,6H2,1-3H3. The predicted molar refractivity (Wildman–Crippen MR) is 74.6 cm³/mol. The second-order valence-corrected chi connectivity index (χ2v) is 5.02. The fraction of sp³-hybridized carbons (Fsp3) is 0.357. The molecule has 1 N–H and O–H groups in total. The van der Waals surface area contributed by atoms with Crippen LogP contribution < -0.4 is 4.74 Å². The molecular weight excluding hydrogens is 283 g/mol. The highest BCUT2D eigenvalue weighted by Gasteiger charge is 2.22. The molecule has 0 amide bonds. The Morgan fingerprint density at radius 3 is 2.80 bits per heavy atom. The first-order valence-corrected chi connectivity index (χ1v) is 6.51. The van der Waals surface area contributed by atoms with Crippen LogP contribution in [0.25, 0.3) is 0 Å². The topological polar surface area (TPSA) is 47.3 Å². The summed E-state index contributed by atoms with van der Waals surface area (Å²) in [5, 5.41) is 14.9. The van der Waals surface area contributed by atoms with Crippen molar-refractivity contribution in [3.8, 4) is 5.88 Å². The van der Waals surface area contributed by atoms with Crippen molar-refractivity contribution in [1.82, 2.24) is 9.78 Å². The Labute approximate surface area is 121 Å². The molecule has 0 aliphatic rings. The Hall–Kier alpha value is -1.59. The van der Waals surface area contributed by atoms with E-state index in [-0.39, 0.29) is 6.42 Å². The molecule has 0 fully saturated rings. The van der Waals surface area contributed by atoms with Crippen molar-refractivity contribution in [3.05, 3.63) is 45.9 Å². The van der Waals surface area contributed by atoms with Crippen LogP contribution in [-0.4, -0.2) is 22.0 Å². The van der Waals surface area contributed by atoms with Crippen LogP contribution in [0, 0.1) is 12.7 Å². The summed E-state index contributed by atoms with van der Waals surface area (Å²) in [5.74, 6) is 0.0430. The first kappa shape index (κ1) is 14.8. The highest BCUT2D eigenvalue weighted by molar-refractivity contribution is 6.30. The van der Waals surface area contributed by atoms with E-state index >= 15 is 0 Å². The van der Waals surface area contributed by atoms with E-state index in [1.807, 2.05) is 0 Å². The summed E-state index contributed by atoms with van der Waals surface area (Å²) in [6, 6.07) is 4.40. The molecule has 1 unspecified atom stereocenters. The van der Waals surface area contributed by atoms with Gasteiger partial charge in [-0.3, -0.25) is 0 Å². The second-order valence-electron chi connectivity index (χ2n) is 4.59. The van der Waals surface area contributed by atoms with Crippen molar-refractivity contribution >= 4 is 11.6 Å². The number of hydrogen-bond acceptors (Lipinski definition) is 3. The molecule has 4 nitrogen and oxygen atoms in total. The number of benzene rings is 1. The molecule has 0 spiro atoms. The quantitative estimate of drug-likeness (QED) is 0.944. The summed E-state index contributed by atoms with van der Waals surface area (Å²) in [4.78, 5) is 0. The number of methoxy groups -OCH3 is 1. The Morgan fingerprint density at radius 1 is 1.50 bits per heavy atom. The molecule has 1 aromatic heterocycles. The molecule has 0 aliphatic heterocycles. The number of hydrogen-bond donors (Lipinski definition) is 1. The molecule has 6 heteroatoms. The summed E-state index contributed by atoms with van der Waals surface area (Å²) in [6.07, 6.45) is -0.763. The van der Waals surface area contributed by atoms with Crippen LogP contribution in [0.5, 0.6) is 5.88 Å². The van der Waals surface area contributed by atoms with Crippen molar-refractivity contribution < 1.29 is 14.2 Å². The molecule has 1 heterocycles. The molecule has 0 bridgehead atoms. The first-order chi connectivity index (χ1) is 9.43. The van der Waals surface area contributed by atoms with Gasteiger partial charge in [0.1, 0.15) is 5.82 Å². The molecule has 0 aliphatic carbocycles. The third-order valence-electron chi connectivity index (χ3n) is 3.17. The zero-order chi connectivity index (χ0) is 14.9. The number of rotatable bonds is 4.